The normalized spacial score (nSPS) is 18.7. The first kappa shape index (κ1) is 23.5. The monoisotopic (exact) mass is 477 g/mol. The first-order valence-corrected chi connectivity index (χ1v) is 12.0. The Kier molecular flexibility index (Phi) is 7.11. The minimum absolute atomic E-state index is 0.000230. The van der Waals surface area contributed by atoms with Crippen LogP contribution in [0.1, 0.15) is 30.0 Å². The highest BCUT2D eigenvalue weighted by Crippen LogP contribution is 2.33. The lowest BCUT2D eigenvalue weighted by Gasteiger charge is -2.34. The molecular formula is C27H29F2N5O. The molecular weight excluding hydrogens is 448 g/mol. The highest BCUT2D eigenvalue weighted by Gasteiger charge is 2.24. The predicted octanol–water partition coefficient (Wildman–Crippen LogP) is 4.51. The molecule has 2 aliphatic rings. The van der Waals surface area contributed by atoms with Crippen molar-refractivity contribution in [2.45, 2.75) is 18.9 Å². The van der Waals surface area contributed by atoms with Crippen LogP contribution in [0.2, 0.25) is 0 Å². The third-order valence-electron chi connectivity index (χ3n) is 6.75. The number of nitrogens with zero attached hydrogens (tertiary/aromatic N) is 5. The molecule has 8 heteroatoms. The van der Waals surface area contributed by atoms with Crippen molar-refractivity contribution in [3.8, 4) is 11.1 Å². The van der Waals surface area contributed by atoms with E-state index in [4.69, 9.17) is 4.74 Å². The number of piperazine rings is 1. The Bertz CT molecular complexity index is 1150. The number of hydrogen-bond donors (Lipinski definition) is 0. The molecule has 2 aliphatic heterocycles. The zero-order chi connectivity index (χ0) is 24.2. The van der Waals surface area contributed by atoms with Crippen molar-refractivity contribution < 1.29 is 13.5 Å². The third-order valence-corrected chi connectivity index (χ3v) is 6.75. The van der Waals surface area contributed by atoms with Crippen LogP contribution in [0, 0.1) is 11.6 Å². The average Bonchev–Trinajstić information content (AvgIpc) is 3.38. The van der Waals surface area contributed by atoms with Gasteiger partial charge in [0.25, 0.3) is 0 Å². The predicted molar refractivity (Wildman–Crippen MR) is 133 cm³/mol. The summed E-state index contributed by atoms with van der Waals surface area (Å²) in [6.07, 6.45) is 5.02. The zero-order valence-electron chi connectivity index (χ0n) is 19.8. The van der Waals surface area contributed by atoms with Crippen LogP contribution in [0.25, 0.3) is 11.1 Å². The second-order valence-corrected chi connectivity index (χ2v) is 8.94. The zero-order valence-corrected chi connectivity index (χ0v) is 19.8. The van der Waals surface area contributed by atoms with Crippen molar-refractivity contribution in [2.24, 2.45) is 4.99 Å². The molecule has 35 heavy (non-hydrogen) atoms. The van der Waals surface area contributed by atoms with Crippen LogP contribution in [0.5, 0.6) is 0 Å². The molecule has 1 unspecified atom stereocenters. The summed E-state index contributed by atoms with van der Waals surface area (Å²) in [5, 5.41) is 0. The SMILES string of the molecule is COCCN1CCN(c2ncc(-c3ccc(C4CCC(c5c(F)cccc5F)=N4)cc3)cn2)CC1. The molecule has 0 radical (unpaired) electrons. The molecule has 0 amide bonds. The molecule has 3 aromatic rings. The first-order chi connectivity index (χ1) is 17.1. The number of hydrogen-bond acceptors (Lipinski definition) is 6. The van der Waals surface area contributed by atoms with E-state index >= 15 is 0 Å². The maximum Gasteiger partial charge on any atom is 0.225 e. The van der Waals surface area contributed by atoms with Crippen LogP contribution in [-0.2, 0) is 4.74 Å². The number of aliphatic imine (C=N–C) groups is 1. The van der Waals surface area contributed by atoms with Crippen molar-refractivity contribution in [3.05, 3.63) is 77.6 Å². The number of ether oxygens (including phenoxy) is 1. The number of halogens is 2. The molecule has 182 valence electrons. The van der Waals surface area contributed by atoms with Crippen molar-refractivity contribution in [2.75, 3.05) is 51.3 Å². The Morgan fingerprint density at radius 3 is 2.26 bits per heavy atom. The molecule has 0 saturated carbocycles. The summed E-state index contributed by atoms with van der Waals surface area (Å²) in [4.78, 5) is 18.4. The Balaban J connectivity index is 1.23. The largest absolute Gasteiger partial charge is 0.383 e. The Labute approximate surface area is 204 Å². The van der Waals surface area contributed by atoms with Crippen molar-refractivity contribution in [1.82, 2.24) is 14.9 Å². The van der Waals surface area contributed by atoms with E-state index in [9.17, 15) is 8.78 Å². The highest BCUT2D eigenvalue weighted by atomic mass is 19.1. The molecule has 1 saturated heterocycles. The summed E-state index contributed by atoms with van der Waals surface area (Å²) >= 11 is 0. The van der Waals surface area contributed by atoms with Gasteiger partial charge in [0.15, 0.2) is 0 Å². The lowest BCUT2D eigenvalue weighted by molar-refractivity contribution is 0.143. The van der Waals surface area contributed by atoms with E-state index in [1.54, 1.807) is 7.11 Å². The molecule has 0 bridgehead atoms. The molecule has 3 heterocycles. The van der Waals surface area contributed by atoms with Gasteiger partial charge in [0.2, 0.25) is 5.95 Å². The maximum absolute atomic E-state index is 14.1. The van der Waals surface area contributed by atoms with E-state index in [1.807, 2.05) is 36.7 Å². The van der Waals surface area contributed by atoms with Crippen LogP contribution in [0.3, 0.4) is 0 Å². The van der Waals surface area contributed by atoms with Crippen molar-refractivity contribution in [1.29, 1.82) is 0 Å². The number of methoxy groups -OCH3 is 1. The fraction of sp³-hybridized carbons (Fsp3) is 0.370. The fourth-order valence-electron chi connectivity index (χ4n) is 4.72. The molecule has 1 aromatic heterocycles. The van der Waals surface area contributed by atoms with Gasteiger partial charge >= 0.3 is 0 Å². The number of rotatable bonds is 7. The van der Waals surface area contributed by atoms with Crippen molar-refractivity contribution >= 4 is 11.7 Å². The second kappa shape index (κ2) is 10.6. The van der Waals surface area contributed by atoms with Gasteiger partial charge in [-0.05, 0) is 36.1 Å². The van der Waals surface area contributed by atoms with Gasteiger partial charge < -0.3 is 9.64 Å². The number of anilines is 1. The third kappa shape index (κ3) is 5.23. The Morgan fingerprint density at radius 1 is 0.914 bits per heavy atom. The van der Waals surface area contributed by atoms with Crippen molar-refractivity contribution in [3.63, 3.8) is 0 Å². The lowest BCUT2D eigenvalue weighted by Crippen LogP contribution is -2.47. The Morgan fingerprint density at radius 2 is 1.60 bits per heavy atom. The minimum atomic E-state index is -0.559. The summed E-state index contributed by atoms with van der Waals surface area (Å²) in [5.41, 5.74) is 3.50. The van der Waals surface area contributed by atoms with Gasteiger partial charge in [-0.15, -0.1) is 0 Å². The fourth-order valence-corrected chi connectivity index (χ4v) is 4.72. The van der Waals surface area contributed by atoms with Gasteiger partial charge in [0.05, 0.1) is 18.2 Å². The minimum Gasteiger partial charge on any atom is -0.383 e. The number of benzene rings is 2. The molecule has 5 rings (SSSR count). The summed E-state index contributed by atoms with van der Waals surface area (Å²) in [5.74, 6) is -0.364. The van der Waals surface area contributed by atoms with E-state index in [-0.39, 0.29) is 11.6 Å². The van der Waals surface area contributed by atoms with Gasteiger partial charge in [-0.2, -0.15) is 0 Å². The second-order valence-electron chi connectivity index (χ2n) is 8.94. The number of aromatic nitrogens is 2. The highest BCUT2D eigenvalue weighted by molar-refractivity contribution is 6.02. The van der Waals surface area contributed by atoms with E-state index in [0.717, 1.165) is 68.4 Å². The first-order valence-electron chi connectivity index (χ1n) is 12.0. The molecule has 0 spiro atoms. The smallest absolute Gasteiger partial charge is 0.225 e. The molecule has 0 aliphatic carbocycles. The summed E-state index contributed by atoms with van der Waals surface area (Å²) in [6.45, 7) is 5.46. The van der Waals surface area contributed by atoms with Crippen LogP contribution in [-0.4, -0.2) is 67.0 Å². The Hall–Kier alpha value is -3.23. The molecule has 1 fully saturated rings. The topological polar surface area (TPSA) is 53.9 Å². The van der Waals surface area contributed by atoms with Gasteiger partial charge in [-0.1, -0.05) is 30.3 Å². The average molecular weight is 478 g/mol. The molecule has 0 N–H and O–H groups in total. The van der Waals surface area contributed by atoms with E-state index in [0.29, 0.717) is 12.1 Å². The van der Waals surface area contributed by atoms with Gasteiger partial charge in [0.1, 0.15) is 11.6 Å². The summed E-state index contributed by atoms with van der Waals surface area (Å²) in [6, 6.07) is 11.9. The van der Waals surface area contributed by atoms with E-state index in [2.05, 4.69) is 24.8 Å². The van der Waals surface area contributed by atoms with E-state index in [1.165, 1.54) is 18.2 Å². The quantitative estimate of drug-likeness (QED) is 0.501. The van der Waals surface area contributed by atoms with Crippen LogP contribution in [0.15, 0.2) is 59.9 Å². The molecule has 6 nitrogen and oxygen atoms in total. The van der Waals surface area contributed by atoms with Gasteiger partial charge in [-0.25, -0.2) is 18.7 Å². The van der Waals surface area contributed by atoms with E-state index < -0.39 is 11.6 Å². The standard InChI is InChI=1S/C27H29F2N5O/c1-35-16-15-33-11-13-34(14-12-33)27-30-17-21(18-31-27)19-5-7-20(8-6-19)24-9-10-25(32-24)26-22(28)3-2-4-23(26)29/h2-8,17-18,24H,9-16H2,1H3. The molecule has 2 aromatic carbocycles. The maximum atomic E-state index is 14.1. The summed E-state index contributed by atoms with van der Waals surface area (Å²) < 4.78 is 33.4. The van der Waals surface area contributed by atoms with Crippen LogP contribution in [0.4, 0.5) is 14.7 Å². The van der Waals surface area contributed by atoms with Gasteiger partial charge in [-0.3, -0.25) is 9.89 Å². The van der Waals surface area contributed by atoms with Crippen LogP contribution >= 0.6 is 0 Å². The van der Waals surface area contributed by atoms with Gasteiger partial charge in [0, 0.05) is 63.5 Å². The van der Waals surface area contributed by atoms with Crippen LogP contribution < -0.4 is 4.90 Å². The summed E-state index contributed by atoms with van der Waals surface area (Å²) in [7, 11) is 1.73. The lowest BCUT2D eigenvalue weighted by atomic mass is 10.0. The molecule has 1 atom stereocenters.